The summed E-state index contributed by atoms with van der Waals surface area (Å²) in [4.78, 5) is 39.4. The molecule has 1 amide bonds. The highest BCUT2D eigenvalue weighted by molar-refractivity contribution is 5.92. The Morgan fingerprint density at radius 1 is 1.13 bits per heavy atom. The Labute approximate surface area is 223 Å². The summed E-state index contributed by atoms with van der Waals surface area (Å²) >= 11 is 0. The van der Waals surface area contributed by atoms with Crippen LogP contribution >= 0.6 is 0 Å². The molecule has 0 spiro atoms. The average Bonchev–Trinajstić information content (AvgIpc) is 2.82. The number of carbonyl (C=O) groups is 3. The molecule has 9 heteroatoms. The number of amides is 1. The van der Waals surface area contributed by atoms with E-state index >= 15 is 0 Å². The predicted molar refractivity (Wildman–Crippen MR) is 139 cm³/mol. The molecule has 9 nitrogen and oxygen atoms in total. The van der Waals surface area contributed by atoms with Gasteiger partial charge in [0.1, 0.15) is 11.7 Å². The smallest absolute Gasteiger partial charge is 0.411 e. The first-order valence-corrected chi connectivity index (χ1v) is 13.0. The van der Waals surface area contributed by atoms with Crippen molar-refractivity contribution in [3.8, 4) is 0 Å². The number of hydrogen-bond donors (Lipinski definition) is 3. The minimum atomic E-state index is -2.29. The molecule has 8 atom stereocenters. The molecule has 0 radical (unpaired) electrons. The quantitative estimate of drug-likeness (QED) is 0.397. The van der Waals surface area contributed by atoms with Crippen molar-refractivity contribution >= 4 is 23.5 Å². The van der Waals surface area contributed by atoms with Crippen LogP contribution in [0.1, 0.15) is 60.8 Å². The zero-order valence-electron chi connectivity index (χ0n) is 22.9. The molecule has 0 bridgehead atoms. The van der Waals surface area contributed by atoms with Gasteiger partial charge in [0.2, 0.25) is 0 Å². The van der Waals surface area contributed by atoms with Gasteiger partial charge in [0.25, 0.3) is 0 Å². The average molecular weight is 530 g/mol. The molecule has 3 unspecified atom stereocenters. The SMILES string of the molecule is C=C[C@@]1(C)CC(=O)[C@]2(O)C3(C)[C@@H](OC(=O)Nc4ccccc4)CCC(C)(C)[C@@H]3C(O)C(OC(C)=O)[C@@]2(C)O1. The molecule has 3 N–H and O–H groups in total. The Kier molecular flexibility index (Phi) is 6.82. The summed E-state index contributed by atoms with van der Waals surface area (Å²) < 4.78 is 18.0. The summed E-state index contributed by atoms with van der Waals surface area (Å²) in [5.74, 6) is -2.05. The molecule has 1 aromatic carbocycles. The zero-order chi connectivity index (χ0) is 28.3. The van der Waals surface area contributed by atoms with E-state index in [1.54, 1.807) is 38.1 Å². The first kappa shape index (κ1) is 28.3. The number of benzene rings is 1. The molecule has 208 valence electrons. The first-order valence-electron chi connectivity index (χ1n) is 13.0. The van der Waals surface area contributed by atoms with Crippen molar-refractivity contribution in [3.05, 3.63) is 43.0 Å². The van der Waals surface area contributed by atoms with Gasteiger partial charge in [0.05, 0.1) is 11.7 Å². The number of para-hydroxylation sites is 1. The molecule has 4 rings (SSSR count). The molecule has 2 saturated carbocycles. The van der Waals surface area contributed by atoms with Crippen molar-refractivity contribution in [3.63, 3.8) is 0 Å². The van der Waals surface area contributed by atoms with Crippen LogP contribution in [-0.2, 0) is 23.8 Å². The molecule has 3 fully saturated rings. The van der Waals surface area contributed by atoms with Crippen LogP contribution in [0.3, 0.4) is 0 Å². The predicted octanol–water partition coefficient (Wildman–Crippen LogP) is 3.78. The van der Waals surface area contributed by atoms with E-state index in [1.807, 2.05) is 19.9 Å². The topological polar surface area (TPSA) is 131 Å². The third-order valence-corrected chi connectivity index (χ3v) is 9.25. The first-order chi connectivity index (χ1) is 17.6. The van der Waals surface area contributed by atoms with E-state index in [-0.39, 0.29) is 6.42 Å². The second kappa shape index (κ2) is 9.17. The summed E-state index contributed by atoms with van der Waals surface area (Å²) in [5.41, 5.74) is -6.97. The lowest BCUT2D eigenvalue weighted by molar-refractivity contribution is -0.369. The number of ketones is 1. The molecule has 0 aromatic heterocycles. The van der Waals surface area contributed by atoms with E-state index in [9.17, 15) is 24.6 Å². The lowest BCUT2D eigenvalue weighted by atomic mass is 9.39. The molecule has 1 aromatic rings. The van der Waals surface area contributed by atoms with Gasteiger partial charge in [-0.1, -0.05) is 45.0 Å². The number of nitrogens with one attached hydrogen (secondary N) is 1. The Morgan fingerprint density at radius 2 is 1.76 bits per heavy atom. The number of hydrogen-bond acceptors (Lipinski definition) is 8. The third kappa shape index (κ3) is 3.98. The lowest BCUT2D eigenvalue weighted by Crippen LogP contribution is -2.87. The van der Waals surface area contributed by atoms with Gasteiger partial charge in [-0.3, -0.25) is 14.9 Å². The van der Waals surface area contributed by atoms with Gasteiger partial charge in [-0.25, -0.2) is 4.79 Å². The molecule has 2 aliphatic carbocycles. The maximum absolute atomic E-state index is 14.1. The van der Waals surface area contributed by atoms with Crippen LogP contribution in [0.5, 0.6) is 0 Å². The van der Waals surface area contributed by atoms with Crippen LogP contribution in [0.4, 0.5) is 10.5 Å². The van der Waals surface area contributed by atoms with Crippen molar-refractivity contribution in [2.24, 2.45) is 16.7 Å². The molecule has 1 saturated heterocycles. The van der Waals surface area contributed by atoms with E-state index in [0.717, 1.165) is 0 Å². The molecule has 3 aliphatic rings. The number of esters is 1. The fourth-order valence-electron chi connectivity index (χ4n) is 7.62. The minimum absolute atomic E-state index is 0.197. The van der Waals surface area contributed by atoms with Gasteiger partial charge in [-0.05, 0) is 44.2 Å². The van der Waals surface area contributed by atoms with Crippen molar-refractivity contribution in [1.29, 1.82) is 0 Å². The summed E-state index contributed by atoms with van der Waals surface area (Å²) in [6.45, 7) is 13.7. The Bertz CT molecular complexity index is 1140. The van der Waals surface area contributed by atoms with Gasteiger partial charge in [-0.15, -0.1) is 6.58 Å². The molecule has 1 aliphatic heterocycles. The summed E-state index contributed by atoms with van der Waals surface area (Å²) in [7, 11) is 0. The number of aliphatic hydroxyl groups is 2. The monoisotopic (exact) mass is 529 g/mol. The van der Waals surface area contributed by atoms with E-state index in [0.29, 0.717) is 18.5 Å². The summed E-state index contributed by atoms with van der Waals surface area (Å²) in [6, 6.07) is 8.78. The third-order valence-electron chi connectivity index (χ3n) is 9.25. The number of Topliss-reactive ketones (excluding diaryl/α,β-unsaturated/α-hetero) is 1. The number of ether oxygens (including phenoxy) is 3. The van der Waals surface area contributed by atoms with Gasteiger partial charge in [0, 0.05) is 30.4 Å². The van der Waals surface area contributed by atoms with Crippen molar-refractivity contribution in [2.75, 3.05) is 5.32 Å². The van der Waals surface area contributed by atoms with Crippen LogP contribution in [0.25, 0.3) is 0 Å². The van der Waals surface area contributed by atoms with Gasteiger partial charge < -0.3 is 24.4 Å². The van der Waals surface area contributed by atoms with Crippen LogP contribution in [0.15, 0.2) is 43.0 Å². The van der Waals surface area contributed by atoms with E-state index in [4.69, 9.17) is 14.2 Å². The molecular weight excluding hydrogens is 490 g/mol. The molecule has 38 heavy (non-hydrogen) atoms. The highest BCUT2D eigenvalue weighted by atomic mass is 16.6. The highest BCUT2D eigenvalue weighted by Crippen LogP contribution is 2.67. The fourth-order valence-corrected chi connectivity index (χ4v) is 7.62. The number of anilines is 1. The van der Waals surface area contributed by atoms with E-state index in [1.165, 1.54) is 19.9 Å². The molecule has 1 heterocycles. The van der Waals surface area contributed by atoms with E-state index in [2.05, 4.69) is 11.9 Å². The van der Waals surface area contributed by atoms with Gasteiger partial charge in [-0.2, -0.15) is 0 Å². The van der Waals surface area contributed by atoms with Crippen LogP contribution in [0, 0.1) is 16.7 Å². The van der Waals surface area contributed by atoms with Crippen LogP contribution < -0.4 is 5.32 Å². The summed E-state index contributed by atoms with van der Waals surface area (Å²) in [5, 5.41) is 27.3. The van der Waals surface area contributed by atoms with Gasteiger partial charge in [0.15, 0.2) is 17.5 Å². The normalized spacial score (nSPS) is 41.7. The molecular formula is C29H39NO8. The standard InChI is InChI=1S/C29H39NO8/c1-8-26(5)16-19(32)29(35)27(6)20(37-24(34)30-18-12-10-9-11-13-18)14-15-25(3,4)22(27)21(33)23(36-17(2)31)28(29,7)38-26/h8-13,20-23,33,35H,1,14-16H2,2-7H3,(H,30,34)/t20-,21?,22-,23?,26-,27?,28+,29-/m0/s1. The second-order valence-corrected chi connectivity index (χ2v) is 12.2. The maximum Gasteiger partial charge on any atom is 0.411 e. The Morgan fingerprint density at radius 3 is 2.34 bits per heavy atom. The second-order valence-electron chi connectivity index (χ2n) is 12.2. The number of fused-ring (bicyclic) bond motifs is 3. The zero-order valence-corrected chi connectivity index (χ0v) is 22.9. The van der Waals surface area contributed by atoms with Crippen LogP contribution in [-0.4, -0.2) is 63.2 Å². The Balaban J connectivity index is 1.87. The Hall–Kier alpha value is -2.75. The maximum atomic E-state index is 14.1. The largest absolute Gasteiger partial charge is 0.457 e. The van der Waals surface area contributed by atoms with Crippen molar-refractivity contribution in [2.45, 2.75) is 95.9 Å². The highest BCUT2D eigenvalue weighted by Gasteiger charge is 2.82. The fraction of sp³-hybridized carbons (Fsp3) is 0.621. The van der Waals surface area contributed by atoms with Gasteiger partial charge >= 0.3 is 12.1 Å². The number of rotatable bonds is 4. The lowest BCUT2D eigenvalue weighted by Gasteiger charge is -2.71. The van der Waals surface area contributed by atoms with Crippen LogP contribution in [0.2, 0.25) is 0 Å². The number of aliphatic hydroxyl groups excluding tert-OH is 1. The van der Waals surface area contributed by atoms with Crippen molar-refractivity contribution < 1.29 is 38.8 Å². The van der Waals surface area contributed by atoms with Crippen molar-refractivity contribution in [1.82, 2.24) is 0 Å². The number of carbonyl (C=O) groups excluding carboxylic acids is 3. The minimum Gasteiger partial charge on any atom is -0.457 e. The summed E-state index contributed by atoms with van der Waals surface area (Å²) in [6.07, 6.45) is -2.31. The van der Waals surface area contributed by atoms with E-state index < -0.39 is 69.7 Å².